The van der Waals surface area contributed by atoms with Crippen molar-refractivity contribution in [1.82, 2.24) is 14.4 Å². The van der Waals surface area contributed by atoms with Crippen LogP contribution in [-0.4, -0.2) is 43.4 Å². The van der Waals surface area contributed by atoms with Crippen molar-refractivity contribution in [2.24, 2.45) is 5.73 Å². The second-order valence-corrected chi connectivity index (χ2v) is 9.79. The number of nitrogens with zero attached hydrogens (tertiary/aromatic N) is 2. The van der Waals surface area contributed by atoms with Crippen LogP contribution in [0.15, 0.2) is 72.8 Å². The minimum atomic E-state index is -1.08. The van der Waals surface area contributed by atoms with E-state index in [1.165, 1.54) is 17.8 Å². The lowest BCUT2D eigenvalue weighted by atomic mass is 10.1. The number of hydrogen-bond donors (Lipinski definition) is 3. The lowest BCUT2D eigenvalue weighted by molar-refractivity contribution is -0.302. The number of nitrogen functional groups attached to an aromatic ring is 1. The first-order chi connectivity index (χ1) is 17.8. The van der Waals surface area contributed by atoms with Crippen LogP contribution in [0.2, 0.25) is 0 Å². The Morgan fingerprint density at radius 1 is 1.00 bits per heavy atom. The predicted molar refractivity (Wildman–Crippen MR) is 146 cm³/mol. The molecule has 1 aromatic heterocycles. The summed E-state index contributed by atoms with van der Waals surface area (Å²) in [6, 6.07) is 21.7. The van der Waals surface area contributed by atoms with Crippen molar-refractivity contribution >= 4 is 34.3 Å². The van der Waals surface area contributed by atoms with Gasteiger partial charge in [-0.3, -0.25) is 14.7 Å². The summed E-state index contributed by atoms with van der Waals surface area (Å²) in [7, 11) is 6.31. The Balaban J connectivity index is 0.000000934. The maximum absolute atomic E-state index is 13.9. The monoisotopic (exact) mass is 517 g/mol. The van der Waals surface area contributed by atoms with E-state index in [0.717, 1.165) is 23.6 Å². The van der Waals surface area contributed by atoms with Crippen molar-refractivity contribution in [3.63, 3.8) is 0 Å². The van der Waals surface area contributed by atoms with Gasteiger partial charge in [0.2, 0.25) is 0 Å². The molecule has 0 bridgehead atoms. The van der Waals surface area contributed by atoms with Crippen LogP contribution in [0.1, 0.15) is 34.1 Å². The second kappa shape index (κ2) is 11.7. The minimum Gasteiger partial charge on any atom is -0.550 e. The standard InChI is InChI=1S/C27H28FN5O.C2H4O2/c1-33(2,3)23-10-7-18(8-11-23)16-31-27(34)25-15-21-14-22(28)9-12-24(21)32(25)17-19-5-4-6-20(13-19)26(29)30;1-2(3)4/h4-15H,16-17H2,1-3H3,(H3-,29,30,31,34);1H3,(H,3,4). The van der Waals surface area contributed by atoms with Crippen LogP contribution in [0.25, 0.3) is 10.9 Å². The number of carbonyl (C=O) groups is 2. The number of fused-ring (bicyclic) bond motifs is 1. The molecule has 1 amide bonds. The molecule has 198 valence electrons. The summed E-state index contributed by atoms with van der Waals surface area (Å²) in [5.74, 6) is -1.70. The zero-order valence-electron chi connectivity index (χ0n) is 21.9. The number of rotatable bonds is 7. The third-order valence-corrected chi connectivity index (χ3v) is 5.84. The lowest BCUT2D eigenvalue weighted by Crippen LogP contribution is -2.34. The zero-order valence-corrected chi connectivity index (χ0v) is 21.9. The molecular weight excluding hydrogens is 485 g/mol. The highest BCUT2D eigenvalue weighted by atomic mass is 19.1. The molecule has 4 aromatic rings. The molecule has 3 aromatic carbocycles. The van der Waals surface area contributed by atoms with E-state index in [2.05, 4.69) is 38.6 Å². The van der Waals surface area contributed by atoms with E-state index in [0.29, 0.717) is 34.2 Å². The van der Waals surface area contributed by atoms with Gasteiger partial charge in [-0.2, -0.15) is 0 Å². The first kappa shape index (κ1) is 28.1. The first-order valence-corrected chi connectivity index (χ1v) is 11.9. The fourth-order valence-corrected chi connectivity index (χ4v) is 3.95. The number of carbonyl (C=O) groups excluding carboxylic acids is 2. The molecule has 0 atom stereocenters. The highest BCUT2D eigenvalue weighted by Crippen LogP contribution is 2.23. The van der Waals surface area contributed by atoms with E-state index >= 15 is 0 Å². The topological polar surface area (TPSA) is 124 Å². The van der Waals surface area contributed by atoms with Crippen LogP contribution < -0.4 is 20.6 Å². The zero-order chi connectivity index (χ0) is 28.0. The number of aromatic nitrogens is 1. The van der Waals surface area contributed by atoms with E-state index in [1.54, 1.807) is 18.2 Å². The van der Waals surface area contributed by atoms with Crippen LogP contribution >= 0.6 is 0 Å². The quantitative estimate of drug-likeness (QED) is 0.198. The maximum atomic E-state index is 13.9. The van der Waals surface area contributed by atoms with Gasteiger partial charge in [0, 0.05) is 35.5 Å². The van der Waals surface area contributed by atoms with E-state index in [-0.39, 0.29) is 17.6 Å². The van der Waals surface area contributed by atoms with Crippen LogP contribution in [0.4, 0.5) is 10.1 Å². The number of quaternary nitrogens is 1. The van der Waals surface area contributed by atoms with E-state index in [9.17, 15) is 9.18 Å². The van der Waals surface area contributed by atoms with Crippen LogP contribution in [0.3, 0.4) is 0 Å². The molecule has 4 N–H and O–H groups in total. The molecule has 0 saturated heterocycles. The van der Waals surface area contributed by atoms with Gasteiger partial charge in [-0.25, -0.2) is 4.39 Å². The number of benzene rings is 3. The van der Waals surface area contributed by atoms with Gasteiger partial charge in [0.15, 0.2) is 0 Å². The third-order valence-electron chi connectivity index (χ3n) is 5.84. The Hall–Kier alpha value is -4.50. The van der Waals surface area contributed by atoms with Gasteiger partial charge in [-0.05, 0) is 60.5 Å². The Kier molecular flexibility index (Phi) is 8.64. The van der Waals surface area contributed by atoms with Gasteiger partial charge in [0.1, 0.15) is 23.0 Å². The van der Waals surface area contributed by atoms with E-state index in [1.807, 2.05) is 34.9 Å². The molecule has 0 spiro atoms. The normalized spacial score (nSPS) is 11.0. The average molecular weight is 518 g/mol. The highest BCUT2D eigenvalue weighted by molar-refractivity contribution is 5.99. The van der Waals surface area contributed by atoms with E-state index in [4.69, 9.17) is 21.0 Å². The molecule has 1 heterocycles. The SMILES string of the molecule is CC(=O)[O-].C[N+](C)(C)c1ccc(CNC(=O)c2cc3cc(F)ccc3n2Cc2cccc(C(=N)N)c2)cc1. The molecule has 0 aliphatic rings. The maximum Gasteiger partial charge on any atom is 0.268 e. The summed E-state index contributed by atoms with van der Waals surface area (Å²) >= 11 is 0. The first-order valence-electron chi connectivity index (χ1n) is 11.9. The van der Waals surface area contributed by atoms with Crippen molar-refractivity contribution in [2.45, 2.75) is 20.0 Å². The molecule has 0 radical (unpaired) electrons. The van der Waals surface area contributed by atoms with Crippen molar-refractivity contribution < 1.29 is 19.1 Å². The number of carboxylic acids is 1. The van der Waals surface area contributed by atoms with Crippen LogP contribution in [0.5, 0.6) is 0 Å². The van der Waals surface area contributed by atoms with Gasteiger partial charge in [0.25, 0.3) is 5.91 Å². The molecule has 0 aliphatic heterocycles. The van der Waals surface area contributed by atoms with Gasteiger partial charge in [0.05, 0.1) is 21.1 Å². The molecule has 0 aliphatic carbocycles. The summed E-state index contributed by atoms with van der Waals surface area (Å²) in [6.07, 6.45) is 0. The summed E-state index contributed by atoms with van der Waals surface area (Å²) in [4.78, 5) is 22.1. The molecule has 0 fully saturated rings. The van der Waals surface area contributed by atoms with Crippen LogP contribution in [-0.2, 0) is 17.9 Å². The largest absolute Gasteiger partial charge is 0.550 e. The number of amidine groups is 1. The molecule has 0 unspecified atom stereocenters. The summed E-state index contributed by atoms with van der Waals surface area (Å²) in [5.41, 5.74) is 10.5. The molecule has 38 heavy (non-hydrogen) atoms. The van der Waals surface area contributed by atoms with Crippen LogP contribution in [0, 0.1) is 11.2 Å². The number of nitrogens with two attached hydrogens (primary N) is 1. The van der Waals surface area contributed by atoms with Crippen molar-refractivity contribution in [1.29, 1.82) is 5.41 Å². The fourth-order valence-electron chi connectivity index (χ4n) is 3.95. The summed E-state index contributed by atoms with van der Waals surface area (Å²) < 4.78 is 16.5. The summed E-state index contributed by atoms with van der Waals surface area (Å²) in [5, 5.41) is 20.2. The number of hydrogen-bond acceptors (Lipinski definition) is 4. The highest BCUT2D eigenvalue weighted by Gasteiger charge is 2.17. The second-order valence-electron chi connectivity index (χ2n) is 9.79. The minimum absolute atomic E-state index is 0.0180. The average Bonchev–Trinajstić information content (AvgIpc) is 3.19. The van der Waals surface area contributed by atoms with Crippen molar-refractivity contribution in [3.05, 3.63) is 101 Å². The predicted octanol–water partition coefficient (Wildman–Crippen LogP) is 3.00. The number of aliphatic carboxylic acids is 1. The Bertz CT molecular complexity index is 1470. The lowest BCUT2D eigenvalue weighted by Gasteiger charge is -2.23. The number of amides is 1. The molecule has 0 saturated carbocycles. The van der Waals surface area contributed by atoms with Crippen molar-refractivity contribution in [2.75, 3.05) is 21.1 Å². The number of nitrogens with one attached hydrogen (secondary N) is 2. The summed E-state index contributed by atoms with van der Waals surface area (Å²) in [6.45, 7) is 1.74. The van der Waals surface area contributed by atoms with Gasteiger partial charge in [-0.1, -0.05) is 30.3 Å². The van der Waals surface area contributed by atoms with E-state index < -0.39 is 5.97 Å². The molecule has 9 heteroatoms. The Labute approximate surface area is 221 Å². The molecule has 8 nitrogen and oxygen atoms in total. The third kappa shape index (κ3) is 7.27. The fraction of sp³-hybridized carbons (Fsp3) is 0.207. The van der Waals surface area contributed by atoms with Gasteiger partial charge in [-0.15, -0.1) is 0 Å². The van der Waals surface area contributed by atoms with Crippen molar-refractivity contribution in [3.8, 4) is 0 Å². The van der Waals surface area contributed by atoms with Gasteiger partial charge < -0.3 is 25.5 Å². The molecule has 4 rings (SSSR count). The molecular formula is C29H32FN5O3. The number of carboxylic acid groups (broad SMARTS) is 1. The smallest absolute Gasteiger partial charge is 0.268 e. The van der Waals surface area contributed by atoms with Gasteiger partial charge >= 0.3 is 0 Å². The Morgan fingerprint density at radius 3 is 2.26 bits per heavy atom. The number of halogens is 1. The Morgan fingerprint density at radius 2 is 1.66 bits per heavy atom.